The van der Waals surface area contributed by atoms with Gasteiger partial charge in [-0.1, -0.05) is 36.4 Å². The predicted molar refractivity (Wildman–Crippen MR) is 78.6 cm³/mol. The van der Waals surface area contributed by atoms with Crippen LogP contribution in [0.5, 0.6) is 0 Å². The molecule has 0 radical (unpaired) electrons. The quantitative estimate of drug-likeness (QED) is 0.787. The molecule has 0 amide bonds. The summed E-state index contributed by atoms with van der Waals surface area (Å²) in [5, 5.41) is 0. The van der Waals surface area contributed by atoms with Crippen molar-refractivity contribution >= 4 is 5.97 Å². The zero-order valence-corrected chi connectivity index (χ0v) is 11.5. The Balaban J connectivity index is 1.68. The second-order valence-electron chi connectivity index (χ2n) is 5.25. The van der Waals surface area contributed by atoms with Crippen LogP contribution in [0.1, 0.15) is 39.9 Å². The van der Waals surface area contributed by atoms with Gasteiger partial charge >= 0.3 is 5.97 Å². The Morgan fingerprint density at radius 1 is 0.950 bits per heavy atom. The lowest BCUT2D eigenvalue weighted by atomic mass is 9.90. The fraction of sp³-hybridized carbons (Fsp3) is 0.278. The molecule has 0 saturated carbocycles. The monoisotopic (exact) mass is 266 g/mol. The lowest BCUT2D eigenvalue weighted by Crippen LogP contribution is -2.08. The maximum Gasteiger partial charge on any atom is 0.338 e. The van der Waals surface area contributed by atoms with Crippen LogP contribution in [0.3, 0.4) is 0 Å². The Bertz CT molecular complexity index is 602. The summed E-state index contributed by atoms with van der Waals surface area (Å²) in [7, 11) is 0. The predicted octanol–water partition coefficient (Wildman–Crippen LogP) is 3.92. The van der Waals surface area contributed by atoms with Crippen molar-refractivity contribution in [2.45, 2.75) is 32.3 Å². The largest absolute Gasteiger partial charge is 0.457 e. The van der Waals surface area contributed by atoms with Crippen LogP contribution in [-0.2, 0) is 24.2 Å². The van der Waals surface area contributed by atoms with Gasteiger partial charge in [-0.05, 0) is 54.5 Å². The molecule has 0 saturated heterocycles. The van der Waals surface area contributed by atoms with Gasteiger partial charge in [-0.15, -0.1) is 0 Å². The molecule has 0 unspecified atom stereocenters. The summed E-state index contributed by atoms with van der Waals surface area (Å²) in [6.07, 6.45) is 4.68. The van der Waals surface area contributed by atoms with Crippen LogP contribution in [0.25, 0.3) is 0 Å². The lowest BCUT2D eigenvalue weighted by molar-refractivity contribution is 0.0472. The van der Waals surface area contributed by atoms with Gasteiger partial charge in [-0.3, -0.25) is 0 Å². The van der Waals surface area contributed by atoms with Gasteiger partial charge in [0.05, 0.1) is 5.56 Å². The van der Waals surface area contributed by atoms with Gasteiger partial charge in [0.25, 0.3) is 0 Å². The highest BCUT2D eigenvalue weighted by molar-refractivity contribution is 5.89. The van der Waals surface area contributed by atoms with Crippen LogP contribution in [0.4, 0.5) is 0 Å². The number of aryl methyl sites for hydroxylation is 2. The molecule has 3 rings (SSSR count). The van der Waals surface area contributed by atoms with E-state index in [-0.39, 0.29) is 5.97 Å². The lowest BCUT2D eigenvalue weighted by Gasteiger charge is -2.16. The van der Waals surface area contributed by atoms with Crippen LogP contribution in [-0.4, -0.2) is 5.97 Å². The van der Waals surface area contributed by atoms with Crippen molar-refractivity contribution in [1.29, 1.82) is 0 Å². The minimum atomic E-state index is -0.234. The molecule has 0 aromatic heterocycles. The van der Waals surface area contributed by atoms with Crippen LogP contribution >= 0.6 is 0 Å². The molecule has 2 heteroatoms. The Hall–Kier alpha value is -2.09. The molecule has 1 aliphatic carbocycles. The summed E-state index contributed by atoms with van der Waals surface area (Å²) >= 11 is 0. The van der Waals surface area contributed by atoms with Gasteiger partial charge in [0.2, 0.25) is 0 Å². The van der Waals surface area contributed by atoms with Crippen LogP contribution in [0.15, 0.2) is 48.5 Å². The van der Waals surface area contributed by atoms with E-state index in [1.54, 1.807) is 0 Å². The summed E-state index contributed by atoms with van der Waals surface area (Å²) in [4.78, 5) is 12.1. The van der Waals surface area contributed by atoms with E-state index in [4.69, 9.17) is 4.74 Å². The first-order valence-electron chi connectivity index (χ1n) is 7.16. The van der Waals surface area contributed by atoms with Gasteiger partial charge in [0.15, 0.2) is 0 Å². The van der Waals surface area contributed by atoms with Crippen LogP contribution in [0, 0.1) is 0 Å². The van der Waals surface area contributed by atoms with Crippen molar-refractivity contribution in [3.05, 3.63) is 70.8 Å². The first kappa shape index (κ1) is 12.9. The average Bonchev–Trinajstić information content (AvgIpc) is 2.53. The molecule has 0 heterocycles. The molecule has 0 aliphatic heterocycles. The van der Waals surface area contributed by atoms with Crippen molar-refractivity contribution in [3.63, 3.8) is 0 Å². The highest BCUT2D eigenvalue weighted by Gasteiger charge is 2.13. The van der Waals surface area contributed by atoms with Crippen molar-refractivity contribution < 1.29 is 9.53 Å². The molecule has 102 valence electrons. The van der Waals surface area contributed by atoms with E-state index < -0.39 is 0 Å². The molecule has 0 N–H and O–H groups in total. The number of hydrogen-bond donors (Lipinski definition) is 0. The van der Waals surface area contributed by atoms with E-state index in [2.05, 4.69) is 6.07 Å². The molecule has 0 bridgehead atoms. The van der Waals surface area contributed by atoms with Crippen molar-refractivity contribution in [1.82, 2.24) is 0 Å². The Labute approximate surface area is 119 Å². The number of fused-ring (bicyclic) bond motifs is 1. The summed E-state index contributed by atoms with van der Waals surface area (Å²) in [5.74, 6) is -0.234. The number of ether oxygens (including phenoxy) is 1. The highest BCUT2D eigenvalue weighted by atomic mass is 16.5. The SMILES string of the molecule is O=C(OCc1ccccc1)c1ccc2c(c1)CCCC2. The third-order valence-electron chi connectivity index (χ3n) is 3.80. The molecule has 1 aliphatic rings. The van der Waals surface area contributed by atoms with E-state index in [1.807, 2.05) is 42.5 Å². The minimum Gasteiger partial charge on any atom is -0.457 e. The highest BCUT2D eigenvalue weighted by Crippen LogP contribution is 2.22. The van der Waals surface area contributed by atoms with E-state index in [0.29, 0.717) is 12.2 Å². The number of hydrogen-bond acceptors (Lipinski definition) is 2. The van der Waals surface area contributed by atoms with Gasteiger partial charge in [0.1, 0.15) is 6.61 Å². The number of carbonyl (C=O) groups excluding carboxylic acids is 1. The molecule has 2 nitrogen and oxygen atoms in total. The third-order valence-corrected chi connectivity index (χ3v) is 3.80. The number of rotatable bonds is 3. The normalized spacial score (nSPS) is 13.6. The Kier molecular flexibility index (Phi) is 3.82. The van der Waals surface area contributed by atoms with Gasteiger partial charge in [-0.25, -0.2) is 4.79 Å². The molecule has 20 heavy (non-hydrogen) atoms. The van der Waals surface area contributed by atoms with Crippen molar-refractivity contribution in [2.75, 3.05) is 0 Å². The maximum atomic E-state index is 12.1. The Morgan fingerprint density at radius 2 is 1.70 bits per heavy atom. The first-order chi connectivity index (χ1) is 9.83. The summed E-state index contributed by atoms with van der Waals surface area (Å²) in [5.41, 5.74) is 4.38. The first-order valence-corrected chi connectivity index (χ1v) is 7.16. The molecular weight excluding hydrogens is 248 g/mol. The third kappa shape index (κ3) is 2.90. The van der Waals surface area contributed by atoms with Crippen LogP contribution < -0.4 is 0 Å². The van der Waals surface area contributed by atoms with Gasteiger partial charge in [0, 0.05) is 0 Å². The zero-order chi connectivity index (χ0) is 13.8. The fourth-order valence-electron chi connectivity index (χ4n) is 2.67. The van der Waals surface area contributed by atoms with E-state index in [9.17, 15) is 4.79 Å². The second-order valence-corrected chi connectivity index (χ2v) is 5.25. The van der Waals surface area contributed by atoms with E-state index in [0.717, 1.165) is 18.4 Å². The van der Waals surface area contributed by atoms with Gasteiger partial charge < -0.3 is 4.74 Å². The number of carbonyl (C=O) groups is 1. The van der Waals surface area contributed by atoms with E-state index >= 15 is 0 Å². The fourth-order valence-corrected chi connectivity index (χ4v) is 2.67. The smallest absolute Gasteiger partial charge is 0.338 e. The summed E-state index contributed by atoms with van der Waals surface area (Å²) in [6.45, 7) is 0.330. The molecule has 2 aromatic rings. The second kappa shape index (κ2) is 5.91. The molecule has 0 fully saturated rings. The minimum absolute atomic E-state index is 0.234. The topological polar surface area (TPSA) is 26.3 Å². The number of esters is 1. The summed E-state index contributed by atoms with van der Waals surface area (Å²) < 4.78 is 5.37. The maximum absolute atomic E-state index is 12.1. The molecule has 0 atom stereocenters. The standard InChI is InChI=1S/C18H18O2/c19-18(20-13-14-6-2-1-3-7-14)17-11-10-15-8-4-5-9-16(15)12-17/h1-3,6-7,10-12H,4-5,8-9,13H2. The van der Waals surface area contributed by atoms with Crippen LogP contribution in [0.2, 0.25) is 0 Å². The van der Waals surface area contributed by atoms with Crippen molar-refractivity contribution in [3.8, 4) is 0 Å². The summed E-state index contributed by atoms with van der Waals surface area (Å²) in [6, 6.07) is 15.7. The molecular formula is C18H18O2. The molecule has 0 spiro atoms. The Morgan fingerprint density at radius 3 is 2.50 bits per heavy atom. The van der Waals surface area contributed by atoms with Gasteiger partial charge in [-0.2, -0.15) is 0 Å². The molecule has 2 aromatic carbocycles. The zero-order valence-electron chi connectivity index (χ0n) is 11.5. The van der Waals surface area contributed by atoms with E-state index in [1.165, 1.54) is 24.0 Å². The number of benzene rings is 2. The average molecular weight is 266 g/mol. The van der Waals surface area contributed by atoms with Crippen molar-refractivity contribution in [2.24, 2.45) is 0 Å².